The number of anilines is 1. The van der Waals surface area contributed by atoms with Crippen molar-refractivity contribution >= 4 is 17.3 Å². The van der Waals surface area contributed by atoms with Crippen LogP contribution in [0.25, 0.3) is 0 Å². The van der Waals surface area contributed by atoms with Crippen LogP contribution in [0.15, 0.2) is 24.3 Å². The molecule has 1 aromatic rings. The second-order valence-electron chi connectivity index (χ2n) is 4.48. The third-order valence-electron chi connectivity index (χ3n) is 3.49. The quantitative estimate of drug-likeness (QED) is 0.638. The van der Waals surface area contributed by atoms with E-state index in [1.165, 1.54) is 24.1 Å². The van der Waals surface area contributed by atoms with Crippen molar-refractivity contribution in [1.29, 1.82) is 0 Å². The van der Waals surface area contributed by atoms with Gasteiger partial charge in [-0.1, -0.05) is 44.9 Å². The summed E-state index contributed by atoms with van der Waals surface area (Å²) in [5.41, 5.74) is 2.54. The standard InChI is InChI=1S/C15H24ClN/c1-4-13(5-2)12-17(6-3)15-10-8-7-9-14(15)11-16/h7-10,13H,4-6,11-12H2,1-3H3. The second-order valence-corrected chi connectivity index (χ2v) is 4.75. The van der Waals surface area contributed by atoms with Crippen LogP contribution in [-0.4, -0.2) is 13.1 Å². The Labute approximate surface area is 111 Å². The molecule has 0 saturated heterocycles. The van der Waals surface area contributed by atoms with Gasteiger partial charge in [-0.05, 0) is 24.5 Å². The third-order valence-corrected chi connectivity index (χ3v) is 3.78. The van der Waals surface area contributed by atoms with Gasteiger partial charge in [0.15, 0.2) is 0 Å². The first-order valence-corrected chi connectivity index (χ1v) is 7.18. The van der Waals surface area contributed by atoms with E-state index in [1.807, 2.05) is 0 Å². The van der Waals surface area contributed by atoms with E-state index in [9.17, 15) is 0 Å². The minimum Gasteiger partial charge on any atom is -0.371 e. The maximum absolute atomic E-state index is 6.01. The molecule has 96 valence electrons. The van der Waals surface area contributed by atoms with Crippen LogP contribution in [0.5, 0.6) is 0 Å². The highest BCUT2D eigenvalue weighted by molar-refractivity contribution is 6.17. The van der Waals surface area contributed by atoms with Crippen molar-refractivity contribution < 1.29 is 0 Å². The topological polar surface area (TPSA) is 3.24 Å². The van der Waals surface area contributed by atoms with Crippen LogP contribution >= 0.6 is 11.6 Å². The van der Waals surface area contributed by atoms with Gasteiger partial charge in [0.05, 0.1) is 0 Å². The average Bonchev–Trinajstić information content (AvgIpc) is 2.40. The Kier molecular flexibility index (Phi) is 6.43. The third kappa shape index (κ3) is 3.92. The van der Waals surface area contributed by atoms with Gasteiger partial charge in [0, 0.05) is 24.7 Å². The smallest absolute Gasteiger partial charge is 0.0494 e. The first-order valence-electron chi connectivity index (χ1n) is 6.65. The molecule has 0 heterocycles. The van der Waals surface area contributed by atoms with Crippen molar-refractivity contribution in [3.63, 3.8) is 0 Å². The fourth-order valence-corrected chi connectivity index (χ4v) is 2.41. The maximum Gasteiger partial charge on any atom is 0.0494 e. The summed E-state index contributed by atoms with van der Waals surface area (Å²) >= 11 is 6.01. The molecule has 0 aliphatic rings. The van der Waals surface area contributed by atoms with Crippen LogP contribution in [0.4, 0.5) is 5.69 Å². The lowest BCUT2D eigenvalue weighted by Gasteiger charge is -2.29. The lowest BCUT2D eigenvalue weighted by atomic mass is 10.0. The first-order chi connectivity index (χ1) is 8.26. The Balaban J connectivity index is 2.85. The number of hydrogen-bond donors (Lipinski definition) is 0. The summed E-state index contributed by atoms with van der Waals surface area (Å²) in [4.78, 5) is 2.45. The molecule has 0 bridgehead atoms. The molecule has 2 heteroatoms. The van der Waals surface area contributed by atoms with Crippen LogP contribution in [0, 0.1) is 5.92 Å². The van der Waals surface area contributed by atoms with Crippen molar-refractivity contribution in [3.05, 3.63) is 29.8 Å². The Morgan fingerprint density at radius 3 is 2.29 bits per heavy atom. The molecular formula is C15H24ClN. The minimum atomic E-state index is 0.593. The van der Waals surface area contributed by atoms with E-state index >= 15 is 0 Å². The summed E-state index contributed by atoms with van der Waals surface area (Å²) in [7, 11) is 0. The number of benzene rings is 1. The van der Waals surface area contributed by atoms with Crippen molar-refractivity contribution in [3.8, 4) is 0 Å². The van der Waals surface area contributed by atoms with Crippen LogP contribution in [0.3, 0.4) is 0 Å². The van der Waals surface area contributed by atoms with Gasteiger partial charge in [-0.3, -0.25) is 0 Å². The van der Waals surface area contributed by atoms with Gasteiger partial charge in [0.25, 0.3) is 0 Å². The van der Waals surface area contributed by atoms with Gasteiger partial charge in [-0.2, -0.15) is 0 Å². The van der Waals surface area contributed by atoms with Gasteiger partial charge in [0.1, 0.15) is 0 Å². The number of para-hydroxylation sites is 1. The molecule has 0 unspecified atom stereocenters. The normalized spacial score (nSPS) is 10.9. The summed E-state index contributed by atoms with van der Waals surface area (Å²) in [6, 6.07) is 8.47. The van der Waals surface area contributed by atoms with E-state index in [0.717, 1.165) is 19.0 Å². The zero-order chi connectivity index (χ0) is 12.7. The summed E-state index contributed by atoms with van der Waals surface area (Å²) in [6.07, 6.45) is 2.49. The van der Waals surface area contributed by atoms with Crippen molar-refractivity contribution in [2.45, 2.75) is 39.5 Å². The molecule has 0 fully saturated rings. The highest BCUT2D eigenvalue weighted by atomic mass is 35.5. The van der Waals surface area contributed by atoms with E-state index in [1.54, 1.807) is 0 Å². The predicted molar refractivity (Wildman–Crippen MR) is 78.0 cm³/mol. The summed E-state index contributed by atoms with van der Waals surface area (Å²) < 4.78 is 0. The molecular weight excluding hydrogens is 230 g/mol. The van der Waals surface area contributed by atoms with Gasteiger partial charge in [-0.15, -0.1) is 11.6 Å². The van der Waals surface area contributed by atoms with E-state index < -0.39 is 0 Å². The second kappa shape index (κ2) is 7.60. The molecule has 0 atom stereocenters. The molecule has 1 rings (SSSR count). The summed E-state index contributed by atoms with van der Waals surface area (Å²) in [5, 5.41) is 0. The highest BCUT2D eigenvalue weighted by Gasteiger charge is 2.12. The van der Waals surface area contributed by atoms with Crippen molar-refractivity contribution in [2.24, 2.45) is 5.92 Å². The number of halogens is 1. The molecule has 0 aromatic heterocycles. The lowest BCUT2D eigenvalue weighted by Crippen LogP contribution is -2.29. The summed E-state index contributed by atoms with van der Waals surface area (Å²) in [6.45, 7) is 8.94. The van der Waals surface area contributed by atoms with Crippen LogP contribution in [0.2, 0.25) is 0 Å². The SMILES string of the molecule is CCC(CC)CN(CC)c1ccccc1CCl. The van der Waals surface area contributed by atoms with Gasteiger partial charge >= 0.3 is 0 Å². The van der Waals surface area contributed by atoms with Gasteiger partial charge in [0.2, 0.25) is 0 Å². The molecule has 1 nitrogen and oxygen atoms in total. The number of hydrogen-bond acceptors (Lipinski definition) is 1. The summed E-state index contributed by atoms with van der Waals surface area (Å²) in [5.74, 6) is 1.37. The molecule has 17 heavy (non-hydrogen) atoms. The Morgan fingerprint density at radius 2 is 1.76 bits per heavy atom. The van der Waals surface area contributed by atoms with E-state index in [-0.39, 0.29) is 0 Å². The molecule has 1 aromatic carbocycles. The van der Waals surface area contributed by atoms with E-state index in [4.69, 9.17) is 11.6 Å². The molecule has 0 amide bonds. The highest BCUT2D eigenvalue weighted by Crippen LogP contribution is 2.24. The molecule has 0 aliphatic carbocycles. The average molecular weight is 254 g/mol. The largest absolute Gasteiger partial charge is 0.371 e. The molecule has 0 aliphatic heterocycles. The zero-order valence-electron chi connectivity index (χ0n) is 11.2. The first kappa shape index (κ1) is 14.4. The van der Waals surface area contributed by atoms with Crippen LogP contribution < -0.4 is 4.90 Å². The Bertz CT molecular complexity index is 320. The van der Waals surface area contributed by atoms with Crippen molar-refractivity contribution in [1.82, 2.24) is 0 Å². The fraction of sp³-hybridized carbons (Fsp3) is 0.600. The monoisotopic (exact) mass is 253 g/mol. The predicted octanol–water partition coefficient (Wildman–Crippen LogP) is 4.69. The van der Waals surface area contributed by atoms with E-state index in [0.29, 0.717) is 5.88 Å². The molecule has 0 N–H and O–H groups in total. The van der Waals surface area contributed by atoms with Gasteiger partial charge in [-0.25, -0.2) is 0 Å². The lowest BCUT2D eigenvalue weighted by molar-refractivity contribution is 0.486. The molecule has 0 spiro atoms. The van der Waals surface area contributed by atoms with Crippen LogP contribution in [0.1, 0.15) is 39.2 Å². The number of rotatable bonds is 7. The number of nitrogens with zero attached hydrogens (tertiary/aromatic N) is 1. The zero-order valence-corrected chi connectivity index (χ0v) is 12.0. The number of alkyl halides is 1. The Morgan fingerprint density at radius 1 is 1.12 bits per heavy atom. The molecule has 0 radical (unpaired) electrons. The maximum atomic E-state index is 6.01. The van der Waals surface area contributed by atoms with Crippen LogP contribution in [-0.2, 0) is 5.88 Å². The van der Waals surface area contributed by atoms with Gasteiger partial charge < -0.3 is 4.90 Å². The van der Waals surface area contributed by atoms with E-state index in [2.05, 4.69) is 49.9 Å². The Hall–Kier alpha value is -0.690. The van der Waals surface area contributed by atoms with Crippen molar-refractivity contribution in [2.75, 3.05) is 18.0 Å². The fourth-order valence-electron chi connectivity index (χ4n) is 2.19. The minimum absolute atomic E-state index is 0.593. The molecule has 0 saturated carbocycles.